The van der Waals surface area contributed by atoms with Gasteiger partial charge in [-0.05, 0) is 30.8 Å². The van der Waals surface area contributed by atoms with Crippen molar-refractivity contribution in [3.05, 3.63) is 65.2 Å². The van der Waals surface area contributed by atoms with Crippen LogP contribution in [0.15, 0.2) is 48.5 Å². The Morgan fingerprint density at radius 3 is 2.77 bits per heavy atom. The lowest BCUT2D eigenvalue weighted by molar-refractivity contribution is 0.217. The van der Waals surface area contributed by atoms with Gasteiger partial charge in [-0.2, -0.15) is 5.26 Å². The average Bonchev–Trinajstić information content (AvgIpc) is 2.53. The van der Waals surface area contributed by atoms with Crippen LogP contribution in [0.1, 0.15) is 16.7 Å². The van der Waals surface area contributed by atoms with Gasteiger partial charge in [0.05, 0.1) is 18.2 Å². The van der Waals surface area contributed by atoms with E-state index in [1.165, 1.54) is 0 Å². The van der Waals surface area contributed by atoms with E-state index in [2.05, 4.69) is 6.07 Å². The van der Waals surface area contributed by atoms with Crippen LogP contribution in [0.2, 0.25) is 0 Å². The van der Waals surface area contributed by atoms with E-state index >= 15 is 0 Å². The first-order valence-corrected chi connectivity index (χ1v) is 7.22. The normalized spacial score (nSPS) is 10.5. The van der Waals surface area contributed by atoms with Gasteiger partial charge in [-0.3, -0.25) is 4.90 Å². The average molecular weight is 296 g/mol. The maximum Gasteiger partial charge on any atom is 0.120 e. The summed E-state index contributed by atoms with van der Waals surface area (Å²) < 4.78 is 5.80. The zero-order valence-electron chi connectivity index (χ0n) is 12.7. The second kappa shape index (κ2) is 8.18. The zero-order chi connectivity index (χ0) is 15.8. The summed E-state index contributed by atoms with van der Waals surface area (Å²) in [6, 6.07) is 17.5. The van der Waals surface area contributed by atoms with Crippen LogP contribution >= 0.6 is 0 Å². The molecule has 0 aliphatic heterocycles. The summed E-state index contributed by atoms with van der Waals surface area (Å²) >= 11 is 0. The van der Waals surface area contributed by atoms with Crippen LogP contribution in [0.4, 0.5) is 0 Å². The Morgan fingerprint density at radius 1 is 1.18 bits per heavy atom. The van der Waals surface area contributed by atoms with Crippen molar-refractivity contribution < 1.29 is 9.84 Å². The second-order valence-corrected chi connectivity index (χ2v) is 5.17. The third kappa shape index (κ3) is 4.59. The van der Waals surface area contributed by atoms with Crippen LogP contribution in [-0.2, 0) is 13.2 Å². The van der Waals surface area contributed by atoms with E-state index in [0.717, 1.165) is 23.4 Å². The van der Waals surface area contributed by atoms with Crippen molar-refractivity contribution >= 4 is 0 Å². The fourth-order valence-corrected chi connectivity index (χ4v) is 2.21. The maximum atomic E-state index is 9.08. The van der Waals surface area contributed by atoms with E-state index < -0.39 is 0 Å². The van der Waals surface area contributed by atoms with E-state index in [1.807, 2.05) is 54.4 Å². The highest BCUT2D eigenvalue weighted by molar-refractivity contribution is 5.37. The van der Waals surface area contributed by atoms with E-state index in [-0.39, 0.29) is 6.61 Å². The molecule has 0 unspecified atom stereocenters. The first kappa shape index (κ1) is 16.0. The van der Waals surface area contributed by atoms with Gasteiger partial charge in [0, 0.05) is 18.7 Å². The van der Waals surface area contributed by atoms with Crippen LogP contribution in [0.5, 0.6) is 5.75 Å². The Labute approximate surface area is 131 Å². The van der Waals surface area contributed by atoms with Crippen molar-refractivity contribution in [3.63, 3.8) is 0 Å². The number of rotatable bonds is 7. The largest absolute Gasteiger partial charge is 0.489 e. The third-order valence-electron chi connectivity index (χ3n) is 3.36. The highest BCUT2D eigenvalue weighted by Crippen LogP contribution is 2.17. The minimum Gasteiger partial charge on any atom is -0.489 e. The summed E-state index contributed by atoms with van der Waals surface area (Å²) in [4.78, 5) is 2.05. The van der Waals surface area contributed by atoms with Gasteiger partial charge in [-0.15, -0.1) is 0 Å². The molecule has 2 rings (SSSR count). The molecule has 0 saturated carbocycles. The molecule has 0 radical (unpaired) electrons. The number of nitrogens with zero attached hydrogens (tertiary/aromatic N) is 2. The van der Waals surface area contributed by atoms with E-state index in [4.69, 9.17) is 15.1 Å². The SMILES string of the molecule is CN(CCO)Cc1cccc(OCc2ccccc2C#N)c1. The molecule has 0 bridgehead atoms. The molecule has 0 fully saturated rings. The molecule has 0 amide bonds. The lowest BCUT2D eigenvalue weighted by Crippen LogP contribution is -2.21. The number of benzene rings is 2. The Kier molecular flexibility index (Phi) is 5.96. The monoisotopic (exact) mass is 296 g/mol. The summed E-state index contributed by atoms with van der Waals surface area (Å²) in [5.41, 5.74) is 2.65. The molecule has 0 spiro atoms. The molecule has 22 heavy (non-hydrogen) atoms. The minimum absolute atomic E-state index is 0.150. The highest BCUT2D eigenvalue weighted by atomic mass is 16.5. The van der Waals surface area contributed by atoms with Crippen molar-refractivity contribution in [2.45, 2.75) is 13.2 Å². The van der Waals surface area contributed by atoms with Crippen molar-refractivity contribution in [2.24, 2.45) is 0 Å². The Balaban J connectivity index is 2.00. The van der Waals surface area contributed by atoms with E-state index in [9.17, 15) is 0 Å². The van der Waals surface area contributed by atoms with Crippen molar-refractivity contribution in [2.75, 3.05) is 20.2 Å². The molecular weight excluding hydrogens is 276 g/mol. The van der Waals surface area contributed by atoms with Gasteiger partial charge < -0.3 is 9.84 Å². The van der Waals surface area contributed by atoms with Crippen LogP contribution in [-0.4, -0.2) is 30.2 Å². The number of nitriles is 1. The molecule has 0 aromatic heterocycles. The van der Waals surface area contributed by atoms with Crippen LogP contribution in [0.25, 0.3) is 0 Å². The summed E-state index contributed by atoms with van der Waals surface area (Å²) in [7, 11) is 1.97. The first-order chi connectivity index (χ1) is 10.7. The Hall–Kier alpha value is -2.35. The summed E-state index contributed by atoms with van der Waals surface area (Å²) in [5.74, 6) is 0.780. The number of hydrogen-bond acceptors (Lipinski definition) is 4. The predicted octanol–water partition coefficient (Wildman–Crippen LogP) is 2.56. The van der Waals surface area contributed by atoms with E-state index in [1.54, 1.807) is 6.07 Å². The second-order valence-electron chi connectivity index (χ2n) is 5.17. The molecule has 114 valence electrons. The number of hydrogen-bond donors (Lipinski definition) is 1. The highest BCUT2D eigenvalue weighted by Gasteiger charge is 2.04. The smallest absolute Gasteiger partial charge is 0.120 e. The topological polar surface area (TPSA) is 56.5 Å². The number of likely N-dealkylation sites (N-methyl/N-ethyl adjacent to an activating group) is 1. The molecule has 4 heteroatoms. The first-order valence-electron chi connectivity index (χ1n) is 7.22. The Bertz CT molecular complexity index is 650. The van der Waals surface area contributed by atoms with Gasteiger partial charge in [-0.1, -0.05) is 30.3 Å². The van der Waals surface area contributed by atoms with Gasteiger partial charge in [0.15, 0.2) is 0 Å². The van der Waals surface area contributed by atoms with Gasteiger partial charge >= 0.3 is 0 Å². The molecule has 0 saturated heterocycles. The summed E-state index contributed by atoms with van der Waals surface area (Å²) in [5, 5.41) is 18.0. The van der Waals surface area contributed by atoms with E-state index in [0.29, 0.717) is 18.7 Å². The standard InChI is InChI=1S/C18H20N2O2/c1-20(9-10-21)13-15-5-4-8-18(11-15)22-14-17-7-3-2-6-16(17)12-19/h2-8,11,21H,9-10,13-14H2,1H3. The number of ether oxygens (including phenoxy) is 1. The molecule has 4 nitrogen and oxygen atoms in total. The quantitative estimate of drug-likeness (QED) is 0.853. The van der Waals surface area contributed by atoms with Gasteiger partial charge in [-0.25, -0.2) is 0 Å². The van der Waals surface area contributed by atoms with Gasteiger partial charge in [0.2, 0.25) is 0 Å². The molecule has 2 aromatic carbocycles. The van der Waals surface area contributed by atoms with Gasteiger partial charge in [0.25, 0.3) is 0 Å². The zero-order valence-corrected chi connectivity index (χ0v) is 12.7. The van der Waals surface area contributed by atoms with Crippen molar-refractivity contribution in [1.29, 1.82) is 5.26 Å². The van der Waals surface area contributed by atoms with Crippen molar-refractivity contribution in [1.82, 2.24) is 4.90 Å². The molecule has 2 aromatic rings. The maximum absolute atomic E-state index is 9.08. The fraction of sp³-hybridized carbons (Fsp3) is 0.278. The number of aliphatic hydroxyl groups excluding tert-OH is 1. The molecule has 0 aliphatic rings. The lowest BCUT2D eigenvalue weighted by Gasteiger charge is -2.15. The van der Waals surface area contributed by atoms with Crippen molar-refractivity contribution in [3.8, 4) is 11.8 Å². The minimum atomic E-state index is 0.150. The molecule has 0 atom stereocenters. The Morgan fingerprint density at radius 2 is 2.00 bits per heavy atom. The number of aliphatic hydroxyl groups is 1. The third-order valence-corrected chi connectivity index (χ3v) is 3.36. The van der Waals surface area contributed by atoms with Gasteiger partial charge in [0.1, 0.15) is 12.4 Å². The molecule has 1 N–H and O–H groups in total. The molecule has 0 heterocycles. The molecule has 0 aliphatic carbocycles. The lowest BCUT2D eigenvalue weighted by atomic mass is 10.1. The van der Waals surface area contributed by atoms with Crippen LogP contribution in [0.3, 0.4) is 0 Å². The fourth-order valence-electron chi connectivity index (χ4n) is 2.21. The summed E-state index contributed by atoms with van der Waals surface area (Å²) in [6.45, 7) is 1.92. The predicted molar refractivity (Wildman–Crippen MR) is 85.4 cm³/mol. The van der Waals surface area contributed by atoms with Crippen LogP contribution in [0, 0.1) is 11.3 Å². The van der Waals surface area contributed by atoms with Crippen LogP contribution < -0.4 is 4.74 Å². The summed E-state index contributed by atoms with van der Waals surface area (Å²) in [6.07, 6.45) is 0. The molecular formula is C18H20N2O2.